The van der Waals surface area contributed by atoms with Gasteiger partial charge in [0.05, 0.1) is 0 Å². The number of hydrogen-bond acceptors (Lipinski definition) is 2. The second-order valence-electron chi connectivity index (χ2n) is 5.08. The third-order valence-electron chi connectivity index (χ3n) is 3.51. The second kappa shape index (κ2) is 4.88. The maximum Gasteiger partial charge on any atom is 0.321 e. The van der Waals surface area contributed by atoms with E-state index in [-0.39, 0.29) is 0 Å². The van der Waals surface area contributed by atoms with Gasteiger partial charge < -0.3 is 10.4 Å². The Morgan fingerprint density at radius 2 is 1.88 bits per heavy atom. The molecule has 0 saturated carbocycles. The van der Waals surface area contributed by atoms with Crippen molar-refractivity contribution < 1.29 is 9.90 Å². The van der Waals surface area contributed by atoms with Gasteiger partial charge in [0.15, 0.2) is 0 Å². The van der Waals surface area contributed by atoms with Crippen LogP contribution >= 0.6 is 0 Å². The monoisotopic (exact) mass is 235 g/mol. The molecule has 0 aromatic heterocycles. The third kappa shape index (κ3) is 2.67. The molecule has 94 valence electrons. The predicted molar refractivity (Wildman–Crippen MR) is 69.4 cm³/mol. The molecule has 0 aliphatic rings. The number of likely N-dealkylation sites (N-methyl/N-ethyl adjacent to an activating group) is 1. The number of aryl methyl sites for hydroxylation is 2. The van der Waals surface area contributed by atoms with Gasteiger partial charge in [-0.15, -0.1) is 0 Å². The van der Waals surface area contributed by atoms with Crippen LogP contribution in [0.3, 0.4) is 0 Å². The first-order valence-corrected chi connectivity index (χ1v) is 5.78. The molecule has 3 nitrogen and oxygen atoms in total. The van der Waals surface area contributed by atoms with Gasteiger partial charge in [-0.3, -0.25) is 4.79 Å². The fraction of sp³-hybridized carbons (Fsp3) is 0.500. The van der Waals surface area contributed by atoms with Crippen molar-refractivity contribution in [3.05, 3.63) is 34.9 Å². The third-order valence-corrected chi connectivity index (χ3v) is 3.51. The molecular formula is C14H21NO2. The number of nitrogens with one attached hydrogen (secondary N) is 1. The van der Waals surface area contributed by atoms with E-state index in [0.717, 1.165) is 5.56 Å². The zero-order valence-corrected chi connectivity index (χ0v) is 11.2. The van der Waals surface area contributed by atoms with Gasteiger partial charge in [-0.1, -0.05) is 32.0 Å². The summed E-state index contributed by atoms with van der Waals surface area (Å²) in [5, 5.41) is 12.1. The van der Waals surface area contributed by atoms with Crippen LogP contribution < -0.4 is 5.32 Å². The minimum Gasteiger partial charge on any atom is -0.480 e. The van der Waals surface area contributed by atoms with Gasteiger partial charge in [-0.2, -0.15) is 0 Å². The van der Waals surface area contributed by atoms with E-state index in [4.69, 9.17) is 0 Å². The van der Waals surface area contributed by atoms with E-state index in [0.29, 0.717) is 0 Å². The van der Waals surface area contributed by atoms with Crippen molar-refractivity contribution in [3.8, 4) is 0 Å². The number of carboxylic acid groups (broad SMARTS) is 1. The Balaban J connectivity index is 3.19. The lowest BCUT2D eigenvalue weighted by atomic mass is 9.77. The van der Waals surface area contributed by atoms with E-state index in [1.165, 1.54) is 11.1 Å². The van der Waals surface area contributed by atoms with Crippen molar-refractivity contribution in [2.24, 2.45) is 0 Å². The van der Waals surface area contributed by atoms with Crippen LogP contribution in [0.4, 0.5) is 0 Å². The number of aliphatic carboxylic acids is 1. The highest BCUT2D eigenvalue weighted by molar-refractivity contribution is 5.76. The summed E-state index contributed by atoms with van der Waals surface area (Å²) < 4.78 is 0. The highest BCUT2D eigenvalue weighted by Crippen LogP contribution is 2.28. The molecule has 0 radical (unpaired) electrons. The number of carboxylic acids is 1. The first-order valence-electron chi connectivity index (χ1n) is 5.78. The van der Waals surface area contributed by atoms with Gasteiger partial charge in [0.1, 0.15) is 6.04 Å². The molecule has 0 spiro atoms. The Morgan fingerprint density at radius 1 is 1.29 bits per heavy atom. The highest BCUT2D eigenvalue weighted by atomic mass is 16.4. The Morgan fingerprint density at radius 3 is 2.29 bits per heavy atom. The minimum atomic E-state index is -0.823. The van der Waals surface area contributed by atoms with Crippen molar-refractivity contribution in [2.45, 2.75) is 39.2 Å². The molecule has 0 amide bonds. The average molecular weight is 235 g/mol. The normalized spacial score (nSPS) is 13.5. The van der Waals surface area contributed by atoms with E-state index >= 15 is 0 Å². The van der Waals surface area contributed by atoms with Gasteiger partial charge in [-0.05, 0) is 37.6 Å². The maximum absolute atomic E-state index is 11.2. The summed E-state index contributed by atoms with van der Waals surface area (Å²) in [6.45, 7) is 8.00. The first-order chi connectivity index (χ1) is 7.80. The molecular weight excluding hydrogens is 214 g/mol. The van der Waals surface area contributed by atoms with E-state index in [9.17, 15) is 9.90 Å². The summed E-state index contributed by atoms with van der Waals surface area (Å²) >= 11 is 0. The smallest absolute Gasteiger partial charge is 0.321 e. The molecule has 2 N–H and O–H groups in total. The van der Waals surface area contributed by atoms with Crippen LogP contribution in [0.25, 0.3) is 0 Å². The van der Waals surface area contributed by atoms with Crippen LogP contribution in [0.15, 0.2) is 18.2 Å². The lowest BCUT2D eigenvalue weighted by Gasteiger charge is -2.32. The van der Waals surface area contributed by atoms with E-state index < -0.39 is 17.4 Å². The fourth-order valence-electron chi connectivity index (χ4n) is 2.10. The SMILES string of the molecule is CN[C@H](C(=O)O)C(C)(C)c1ccc(C)c(C)c1. The largest absolute Gasteiger partial charge is 0.480 e. The molecule has 0 aliphatic carbocycles. The summed E-state index contributed by atoms with van der Waals surface area (Å²) in [4.78, 5) is 11.2. The van der Waals surface area contributed by atoms with Gasteiger partial charge in [0.2, 0.25) is 0 Å². The molecule has 1 rings (SSSR count). The van der Waals surface area contributed by atoms with Crippen molar-refractivity contribution in [2.75, 3.05) is 7.05 Å². The van der Waals surface area contributed by atoms with Gasteiger partial charge in [0.25, 0.3) is 0 Å². The van der Waals surface area contributed by atoms with Crippen molar-refractivity contribution in [1.82, 2.24) is 5.32 Å². The molecule has 0 aliphatic heterocycles. The molecule has 17 heavy (non-hydrogen) atoms. The van der Waals surface area contributed by atoms with Crippen molar-refractivity contribution in [3.63, 3.8) is 0 Å². The molecule has 0 fully saturated rings. The van der Waals surface area contributed by atoms with Crippen LogP contribution in [0.1, 0.15) is 30.5 Å². The number of benzene rings is 1. The Bertz CT molecular complexity index is 424. The predicted octanol–water partition coefficient (Wildman–Crippen LogP) is 2.25. The molecule has 0 unspecified atom stereocenters. The zero-order chi connectivity index (χ0) is 13.2. The summed E-state index contributed by atoms with van der Waals surface area (Å²) in [6, 6.07) is 5.53. The maximum atomic E-state index is 11.2. The Kier molecular flexibility index (Phi) is 3.94. The van der Waals surface area contributed by atoms with Crippen molar-refractivity contribution >= 4 is 5.97 Å². The molecule has 1 aromatic rings. The summed E-state index contributed by atoms with van der Waals surface area (Å²) in [7, 11) is 1.68. The standard InChI is InChI=1S/C14H21NO2/c1-9-6-7-11(8-10(9)2)14(3,4)12(15-5)13(16)17/h6-8,12,15H,1-5H3,(H,16,17)/t12-/m1/s1. The topological polar surface area (TPSA) is 49.3 Å². The number of carbonyl (C=O) groups is 1. The lowest BCUT2D eigenvalue weighted by Crippen LogP contribution is -2.48. The minimum absolute atomic E-state index is 0.445. The number of rotatable bonds is 4. The highest BCUT2D eigenvalue weighted by Gasteiger charge is 2.35. The summed E-state index contributed by atoms with van der Waals surface area (Å²) in [6.07, 6.45) is 0. The quantitative estimate of drug-likeness (QED) is 0.841. The summed E-state index contributed by atoms with van der Waals surface area (Å²) in [5.74, 6) is -0.823. The second-order valence-corrected chi connectivity index (χ2v) is 5.08. The Labute approximate surface area is 103 Å². The van der Waals surface area contributed by atoms with Crippen molar-refractivity contribution in [1.29, 1.82) is 0 Å². The van der Waals surface area contributed by atoms with Crippen LogP contribution in [-0.4, -0.2) is 24.2 Å². The van der Waals surface area contributed by atoms with Crippen LogP contribution in [0, 0.1) is 13.8 Å². The van der Waals surface area contributed by atoms with Crippen LogP contribution in [0.2, 0.25) is 0 Å². The first kappa shape index (κ1) is 13.7. The molecule has 1 aromatic carbocycles. The fourth-order valence-corrected chi connectivity index (χ4v) is 2.10. The molecule has 0 bridgehead atoms. The van der Waals surface area contributed by atoms with Gasteiger partial charge in [-0.25, -0.2) is 0 Å². The lowest BCUT2D eigenvalue weighted by molar-refractivity contribution is -0.141. The number of hydrogen-bond donors (Lipinski definition) is 2. The molecule has 1 atom stereocenters. The zero-order valence-electron chi connectivity index (χ0n) is 11.2. The molecule has 3 heteroatoms. The van der Waals surface area contributed by atoms with Gasteiger partial charge >= 0.3 is 5.97 Å². The summed E-state index contributed by atoms with van der Waals surface area (Å²) in [5.41, 5.74) is 3.01. The molecule has 0 heterocycles. The van der Waals surface area contributed by atoms with E-state index in [1.807, 2.05) is 32.9 Å². The average Bonchev–Trinajstić information content (AvgIpc) is 2.21. The van der Waals surface area contributed by atoms with Gasteiger partial charge in [0, 0.05) is 5.41 Å². The van der Waals surface area contributed by atoms with E-state index in [2.05, 4.69) is 18.3 Å². The van der Waals surface area contributed by atoms with Crippen LogP contribution in [-0.2, 0) is 10.2 Å². The molecule has 0 saturated heterocycles. The van der Waals surface area contributed by atoms with E-state index in [1.54, 1.807) is 7.05 Å². The Hall–Kier alpha value is -1.35. The van der Waals surface area contributed by atoms with Crippen LogP contribution in [0.5, 0.6) is 0 Å².